The van der Waals surface area contributed by atoms with Gasteiger partial charge in [0.1, 0.15) is 0 Å². The molecule has 1 fully saturated rings. The van der Waals surface area contributed by atoms with Crippen LogP contribution in [0.5, 0.6) is 0 Å². The van der Waals surface area contributed by atoms with E-state index in [0.717, 1.165) is 22.2 Å². The summed E-state index contributed by atoms with van der Waals surface area (Å²) in [5, 5.41) is 1.99. The van der Waals surface area contributed by atoms with Crippen molar-refractivity contribution in [3.63, 3.8) is 0 Å². The number of carbonyl (C=O) groups is 1. The van der Waals surface area contributed by atoms with Gasteiger partial charge in [-0.05, 0) is 53.1 Å². The maximum atomic E-state index is 12.3. The number of hydrogen-bond acceptors (Lipinski definition) is 2. The summed E-state index contributed by atoms with van der Waals surface area (Å²) in [7, 11) is 0. The van der Waals surface area contributed by atoms with Gasteiger partial charge in [0.05, 0.1) is 4.88 Å². The van der Waals surface area contributed by atoms with E-state index in [2.05, 4.69) is 29.8 Å². The summed E-state index contributed by atoms with van der Waals surface area (Å²) >= 11 is 4.96. The molecule has 1 nitrogen and oxygen atoms in total. The van der Waals surface area contributed by atoms with E-state index in [1.165, 1.54) is 6.42 Å². The van der Waals surface area contributed by atoms with Gasteiger partial charge in [-0.2, -0.15) is 0 Å². The molecule has 2 atom stereocenters. The number of hydrogen-bond donors (Lipinski definition) is 0. The van der Waals surface area contributed by atoms with Crippen molar-refractivity contribution in [1.29, 1.82) is 0 Å². The highest BCUT2D eigenvalue weighted by Gasteiger charge is 2.30. The highest BCUT2D eigenvalue weighted by Crippen LogP contribution is 2.36. The molecule has 0 aromatic carbocycles. The number of Topliss-reactive ketones (excluding diaryl/α,β-unsaturated/α-hetero) is 1. The van der Waals surface area contributed by atoms with Crippen molar-refractivity contribution in [3.05, 3.63) is 20.8 Å². The molecule has 1 aromatic heterocycles. The highest BCUT2D eigenvalue weighted by atomic mass is 79.9. The van der Waals surface area contributed by atoms with Crippen LogP contribution in [0.4, 0.5) is 0 Å². The number of thiophene rings is 1. The van der Waals surface area contributed by atoms with E-state index in [-0.39, 0.29) is 5.92 Å². The summed E-state index contributed by atoms with van der Waals surface area (Å²) in [6.07, 6.45) is 3.41. The van der Waals surface area contributed by atoms with Gasteiger partial charge in [-0.25, -0.2) is 0 Å². The first-order valence-corrected chi connectivity index (χ1v) is 7.51. The zero-order valence-electron chi connectivity index (χ0n) is 9.70. The van der Waals surface area contributed by atoms with Gasteiger partial charge in [0.15, 0.2) is 5.78 Å². The number of carbonyl (C=O) groups excluding carboxylic acids is 1. The van der Waals surface area contributed by atoms with Crippen LogP contribution in [-0.2, 0) is 0 Å². The van der Waals surface area contributed by atoms with Gasteiger partial charge in [0, 0.05) is 15.8 Å². The van der Waals surface area contributed by atoms with E-state index in [4.69, 9.17) is 0 Å². The Morgan fingerprint density at radius 1 is 1.31 bits per heavy atom. The molecule has 3 heteroatoms. The quantitative estimate of drug-likeness (QED) is 0.719. The SMILES string of the molecule is CC1CC(C)CC(C(=O)c2cc(Br)cs2)C1. The first-order chi connectivity index (χ1) is 7.56. The summed E-state index contributed by atoms with van der Waals surface area (Å²) in [6.45, 7) is 4.53. The Morgan fingerprint density at radius 3 is 2.44 bits per heavy atom. The van der Waals surface area contributed by atoms with Gasteiger partial charge in [0.2, 0.25) is 0 Å². The van der Waals surface area contributed by atoms with E-state index in [0.29, 0.717) is 17.6 Å². The fraction of sp³-hybridized carbons (Fsp3) is 0.615. The lowest BCUT2D eigenvalue weighted by Gasteiger charge is -2.30. The number of halogens is 1. The standard InChI is InChI=1S/C13H17BrOS/c1-8-3-9(2)5-10(4-8)13(15)12-6-11(14)7-16-12/h6-10H,3-5H2,1-2H3. The lowest BCUT2D eigenvalue weighted by Crippen LogP contribution is -2.25. The molecule has 0 saturated heterocycles. The molecule has 0 N–H and O–H groups in total. The van der Waals surface area contributed by atoms with Crippen LogP contribution in [0, 0.1) is 17.8 Å². The normalized spacial score (nSPS) is 30.3. The van der Waals surface area contributed by atoms with Gasteiger partial charge < -0.3 is 0 Å². The molecule has 0 spiro atoms. The minimum Gasteiger partial charge on any atom is -0.293 e. The lowest BCUT2D eigenvalue weighted by molar-refractivity contribution is 0.0840. The second kappa shape index (κ2) is 5.01. The van der Waals surface area contributed by atoms with Gasteiger partial charge in [-0.3, -0.25) is 4.79 Å². The second-order valence-corrected chi connectivity index (χ2v) is 6.93. The molecule has 2 unspecified atom stereocenters. The van der Waals surface area contributed by atoms with Crippen LogP contribution in [-0.4, -0.2) is 5.78 Å². The lowest BCUT2D eigenvalue weighted by atomic mass is 9.75. The summed E-state index contributed by atoms with van der Waals surface area (Å²) < 4.78 is 1.03. The Labute approximate surface area is 109 Å². The monoisotopic (exact) mass is 300 g/mol. The predicted molar refractivity (Wildman–Crippen MR) is 72.0 cm³/mol. The topological polar surface area (TPSA) is 17.1 Å². The third-order valence-corrected chi connectivity index (χ3v) is 5.07. The maximum Gasteiger partial charge on any atom is 0.175 e. The molecule has 88 valence electrons. The van der Waals surface area contributed by atoms with E-state index in [1.54, 1.807) is 11.3 Å². The molecule has 1 saturated carbocycles. The van der Waals surface area contributed by atoms with Crippen molar-refractivity contribution >= 4 is 33.0 Å². The molecule has 1 aromatic rings. The Bertz CT molecular complexity index is 375. The Balaban J connectivity index is 2.09. The molecule has 1 heterocycles. The average molecular weight is 301 g/mol. The van der Waals surface area contributed by atoms with Crippen molar-refractivity contribution in [2.24, 2.45) is 17.8 Å². The highest BCUT2D eigenvalue weighted by molar-refractivity contribution is 9.10. The fourth-order valence-electron chi connectivity index (χ4n) is 2.80. The maximum absolute atomic E-state index is 12.3. The van der Waals surface area contributed by atoms with Gasteiger partial charge in [-0.1, -0.05) is 13.8 Å². The van der Waals surface area contributed by atoms with Gasteiger partial charge in [0.25, 0.3) is 0 Å². The largest absolute Gasteiger partial charge is 0.293 e. The third-order valence-electron chi connectivity index (χ3n) is 3.36. The smallest absolute Gasteiger partial charge is 0.175 e. The van der Waals surface area contributed by atoms with Crippen LogP contribution in [0.2, 0.25) is 0 Å². The Morgan fingerprint density at radius 2 is 1.94 bits per heavy atom. The summed E-state index contributed by atoms with van der Waals surface area (Å²) in [5.41, 5.74) is 0. The van der Waals surface area contributed by atoms with Crippen LogP contribution in [0.25, 0.3) is 0 Å². The minimum atomic E-state index is 0.254. The molecule has 0 radical (unpaired) electrons. The first-order valence-electron chi connectivity index (χ1n) is 5.84. The van der Waals surface area contributed by atoms with Crippen molar-refractivity contribution in [2.45, 2.75) is 33.1 Å². The molecule has 0 amide bonds. The molecular weight excluding hydrogens is 284 g/mol. The van der Waals surface area contributed by atoms with Crippen molar-refractivity contribution in [2.75, 3.05) is 0 Å². The van der Waals surface area contributed by atoms with Gasteiger partial charge in [-0.15, -0.1) is 11.3 Å². The summed E-state index contributed by atoms with van der Waals surface area (Å²) in [4.78, 5) is 13.2. The molecule has 1 aliphatic carbocycles. The average Bonchev–Trinajstić information content (AvgIpc) is 2.62. The zero-order chi connectivity index (χ0) is 11.7. The molecule has 0 aliphatic heterocycles. The predicted octanol–water partition coefficient (Wildman–Crippen LogP) is 4.77. The first kappa shape index (κ1) is 12.3. The summed E-state index contributed by atoms with van der Waals surface area (Å²) in [5.74, 6) is 2.00. The molecule has 16 heavy (non-hydrogen) atoms. The van der Waals surface area contributed by atoms with Crippen molar-refractivity contribution in [3.8, 4) is 0 Å². The van der Waals surface area contributed by atoms with Crippen LogP contribution >= 0.6 is 27.3 Å². The van der Waals surface area contributed by atoms with Crippen LogP contribution in [0.3, 0.4) is 0 Å². The minimum absolute atomic E-state index is 0.254. The molecule has 1 aliphatic rings. The van der Waals surface area contributed by atoms with Crippen LogP contribution < -0.4 is 0 Å². The van der Waals surface area contributed by atoms with E-state index in [1.807, 2.05) is 11.4 Å². The second-order valence-electron chi connectivity index (χ2n) is 5.11. The van der Waals surface area contributed by atoms with Crippen molar-refractivity contribution in [1.82, 2.24) is 0 Å². The Kier molecular flexibility index (Phi) is 3.85. The fourth-order valence-corrected chi connectivity index (χ4v) is 4.25. The van der Waals surface area contributed by atoms with E-state index >= 15 is 0 Å². The van der Waals surface area contributed by atoms with E-state index in [9.17, 15) is 4.79 Å². The third kappa shape index (κ3) is 2.75. The van der Waals surface area contributed by atoms with Crippen LogP contribution in [0.1, 0.15) is 42.8 Å². The number of rotatable bonds is 2. The summed E-state index contributed by atoms with van der Waals surface area (Å²) in [6, 6.07) is 1.96. The molecular formula is C13H17BrOS. The zero-order valence-corrected chi connectivity index (χ0v) is 12.1. The van der Waals surface area contributed by atoms with E-state index < -0.39 is 0 Å². The molecule has 2 rings (SSSR count). The van der Waals surface area contributed by atoms with Crippen LogP contribution in [0.15, 0.2) is 15.9 Å². The van der Waals surface area contributed by atoms with Crippen molar-refractivity contribution < 1.29 is 4.79 Å². The number of ketones is 1. The molecule has 0 bridgehead atoms. The van der Waals surface area contributed by atoms with Gasteiger partial charge >= 0.3 is 0 Å². The Hall–Kier alpha value is -0.150.